The van der Waals surface area contributed by atoms with Crippen LogP contribution in [-0.2, 0) is 23.0 Å². The Kier molecular flexibility index (Phi) is 5.79. The van der Waals surface area contributed by atoms with Crippen molar-refractivity contribution in [3.63, 3.8) is 0 Å². The first-order valence-corrected chi connectivity index (χ1v) is 9.24. The molecule has 3 rings (SSSR count). The largest absolute Gasteiger partial charge is 0.493 e. The Labute approximate surface area is 165 Å². The predicted octanol–water partition coefficient (Wildman–Crippen LogP) is 2.71. The van der Waals surface area contributed by atoms with Gasteiger partial charge < -0.3 is 18.8 Å². The minimum Gasteiger partial charge on any atom is -0.493 e. The summed E-state index contributed by atoms with van der Waals surface area (Å²) in [5.74, 6) is 0.493. The number of thiazole rings is 1. The van der Waals surface area contributed by atoms with Gasteiger partial charge in [0, 0.05) is 7.05 Å². The fraction of sp³-hybridized carbons (Fsp3) is 0.250. The van der Waals surface area contributed by atoms with Gasteiger partial charge in [-0.05, 0) is 35.9 Å². The minimum atomic E-state index is -0.402. The molecular formula is C20H20N2O5S. The van der Waals surface area contributed by atoms with Crippen LogP contribution in [0.1, 0.15) is 15.9 Å². The summed E-state index contributed by atoms with van der Waals surface area (Å²) >= 11 is 1.34. The SMILES string of the molecule is COC(=O)c1ccc2c(c1)sc(=NC(=O)Cc1ccc(OC)c(OC)c1)n2C. The molecule has 0 saturated heterocycles. The molecule has 0 radical (unpaired) electrons. The van der Waals surface area contributed by atoms with Gasteiger partial charge in [0.2, 0.25) is 0 Å². The zero-order chi connectivity index (χ0) is 20.3. The highest BCUT2D eigenvalue weighted by atomic mass is 32.1. The van der Waals surface area contributed by atoms with Gasteiger partial charge in [0.25, 0.3) is 5.91 Å². The third-order valence-corrected chi connectivity index (χ3v) is 5.35. The van der Waals surface area contributed by atoms with E-state index in [1.165, 1.54) is 18.4 Å². The number of hydrogen-bond acceptors (Lipinski definition) is 6. The maximum atomic E-state index is 12.5. The van der Waals surface area contributed by atoms with Gasteiger partial charge in [0.1, 0.15) is 0 Å². The van der Waals surface area contributed by atoms with E-state index in [1.54, 1.807) is 38.5 Å². The van der Waals surface area contributed by atoms with Crippen LogP contribution in [0.25, 0.3) is 10.2 Å². The predicted molar refractivity (Wildman–Crippen MR) is 106 cm³/mol. The number of methoxy groups -OCH3 is 3. The number of carbonyl (C=O) groups is 2. The highest BCUT2D eigenvalue weighted by Gasteiger charge is 2.11. The molecule has 0 bridgehead atoms. The highest BCUT2D eigenvalue weighted by Crippen LogP contribution is 2.27. The average molecular weight is 400 g/mol. The van der Waals surface area contributed by atoms with Gasteiger partial charge in [-0.3, -0.25) is 4.79 Å². The molecule has 1 heterocycles. The quantitative estimate of drug-likeness (QED) is 0.616. The van der Waals surface area contributed by atoms with Crippen molar-refractivity contribution < 1.29 is 23.8 Å². The van der Waals surface area contributed by atoms with E-state index in [4.69, 9.17) is 14.2 Å². The summed E-state index contributed by atoms with van der Waals surface area (Å²) in [7, 11) is 6.28. The molecule has 2 aromatic carbocycles. The molecule has 7 nitrogen and oxygen atoms in total. The van der Waals surface area contributed by atoms with Gasteiger partial charge in [-0.25, -0.2) is 4.79 Å². The number of nitrogens with zero attached hydrogens (tertiary/aromatic N) is 2. The van der Waals surface area contributed by atoms with Crippen LogP contribution in [0.2, 0.25) is 0 Å². The fourth-order valence-corrected chi connectivity index (χ4v) is 3.87. The number of rotatable bonds is 5. The second-order valence-corrected chi connectivity index (χ2v) is 7.00. The van der Waals surface area contributed by atoms with Crippen LogP contribution in [0.5, 0.6) is 11.5 Å². The van der Waals surface area contributed by atoms with E-state index < -0.39 is 5.97 Å². The first kappa shape index (κ1) is 19.6. The van der Waals surface area contributed by atoms with E-state index >= 15 is 0 Å². The van der Waals surface area contributed by atoms with Crippen molar-refractivity contribution in [2.75, 3.05) is 21.3 Å². The Hall–Kier alpha value is -3.13. The van der Waals surface area contributed by atoms with E-state index in [9.17, 15) is 9.59 Å². The van der Waals surface area contributed by atoms with Gasteiger partial charge >= 0.3 is 5.97 Å². The van der Waals surface area contributed by atoms with Crippen LogP contribution >= 0.6 is 11.3 Å². The molecular weight excluding hydrogens is 380 g/mol. The number of esters is 1. The monoisotopic (exact) mass is 400 g/mol. The molecule has 0 aliphatic heterocycles. The maximum Gasteiger partial charge on any atom is 0.337 e. The smallest absolute Gasteiger partial charge is 0.337 e. The number of hydrogen-bond donors (Lipinski definition) is 0. The second-order valence-electron chi connectivity index (χ2n) is 5.99. The van der Waals surface area contributed by atoms with Crippen LogP contribution in [-0.4, -0.2) is 37.8 Å². The molecule has 1 amide bonds. The average Bonchev–Trinajstić information content (AvgIpc) is 3.01. The molecule has 0 aliphatic rings. The summed E-state index contributed by atoms with van der Waals surface area (Å²) in [5.41, 5.74) is 2.12. The van der Waals surface area contributed by atoms with E-state index in [2.05, 4.69) is 4.99 Å². The molecule has 0 unspecified atom stereocenters. The Bertz CT molecular complexity index is 1110. The lowest BCUT2D eigenvalue weighted by Gasteiger charge is -2.08. The molecule has 28 heavy (non-hydrogen) atoms. The number of amides is 1. The summed E-state index contributed by atoms with van der Waals surface area (Å²) in [4.78, 5) is 29.0. The summed E-state index contributed by atoms with van der Waals surface area (Å²) < 4.78 is 17.9. The third kappa shape index (κ3) is 3.91. The van der Waals surface area contributed by atoms with E-state index in [0.717, 1.165) is 15.8 Å². The van der Waals surface area contributed by atoms with Gasteiger partial charge in [0.15, 0.2) is 16.3 Å². The Balaban J connectivity index is 1.90. The lowest BCUT2D eigenvalue weighted by atomic mass is 10.1. The van der Waals surface area contributed by atoms with Gasteiger partial charge in [-0.15, -0.1) is 0 Å². The van der Waals surface area contributed by atoms with E-state index in [0.29, 0.717) is 21.9 Å². The highest BCUT2D eigenvalue weighted by molar-refractivity contribution is 7.16. The normalized spacial score (nSPS) is 11.5. The standard InChI is InChI=1S/C20H20N2O5S/c1-22-14-7-6-13(19(24)27-4)11-17(14)28-20(22)21-18(23)10-12-5-8-15(25-2)16(9-12)26-3/h5-9,11H,10H2,1-4H3. The first-order valence-electron chi connectivity index (χ1n) is 8.43. The first-order chi connectivity index (χ1) is 13.5. The molecule has 0 atom stereocenters. The number of aromatic nitrogens is 1. The second kappa shape index (κ2) is 8.26. The van der Waals surface area contributed by atoms with E-state index in [-0.39, 0.29) is 12.3 Å². The summed E-state index contributed by atoms with van der Waals surface area (Å²) in [6.45, 7) is 0. The van der Waals surface area contributed by atoms with Gasteiger partial charge in [-0.1, -0.05) is 17.4 Å². The molecule has 8 heteroatoms. The molecule has 0 spiro atoms. The number of ether oxygens (including phenoxy) is 3. The fourth-order valence-electron chi connectivity index (χ4n) is 2.80. The number of benzene rings is 2. The molecule has 0 aliphatic carbocycles. The molecule has 146 valence electrons. The van der Waals surface area contributed by atoms with Crippen molar-refractivity contribution in [2.45, 2.75) is 6.42 Å². The van der Waals surface area contributed by atoms with Crippen molar-refractivity contribution in [3.8, 4) is 11.5 Å². The molecule has 0 fully saturated rings. The van der Waals surface area contributed by atoms with Crippen LogP contribution in [0.15, 0.2) is 41.4 Å². The van der Waals surface area contributed by atoms with Crippen LogP contribution in [0.4, 0.5) is 0 Å². The van der Waals surface area contributed by atoms with Crippen molar-refractivity contribution in [1.29, 1.82) is 0 Å². The van der Waals surface area contributed by atoms with Crippen LogP contribution < -0.4 is 14.3 Å². The van der Waals surface area contributed by atoms with Gasteiger partial charge in [0.05, 0.1) is 43.5 Å². The van der Waals surface area contributed by atoms with Crippen LogP contribution in [0.3, 0.4) is 0 Å². The number of carbonyl (C=O) groups excluding carboxylic acids is 2. The lowest BCUT2D eigenvalue weighted by Crippen LogP contribution is -2.14. The Morgan fingerprint density at radius 2 is 1.79 bits per heavy atom. The summed E-state index contributed by atoms with van der Waals surface area (Å²) in [6.07, 6.45) is 0.141. The minimum absolute atomic E-state index is 0.141. The molecule has 1 aromatic heterocycles. The van der Waals surface area contributed by atoms with Crippen LogP contribution in [0, 0.1) is 0 Å². The number of fused-ring (bicyclic) bond motifs is 1. The van der Waals surface area contributed by atoms with Crippen molar-refractivity contribution >= 4 is 33.4 Å². The Morgan fingerprint density at radius 3 is 2.46 bits per heavy atom. The van der Waals surface area contributed by atoms with Crippen molar-refractivity contribution in [3.05, 3.63) is 52.3 Å². The van der Waals surface area contributed by atoms with E-state index in [1.807, 2.05) is 23.7 Å². The van der Waals surface area contributed by atoms with Crippen molar-refractivity contribution in [2.24, 2.45) is 12.0 Å². The number of aryl methyl sites for hydroxylation is 1. The molecule has 3 aromatic rings. The van der Waals surface area contributed by atoms with Crippen molar-refractivity contribution in [1.82, 2.24) is 4.57 Å². The maximum absolute atomic E-state index is 12.5. The summed E-state index contributed by atoms with van der Waals surface area (Å²) in [6, 6.07) is 10.6. The lowest BCUT2D eigenvalue weighted by molar-refractivity contribution is -0.117. The third-order valence-electron chi connectivity index (χ3n) is 4.25. The topological polar surface area (TPSA) is 79.1 Å². The Morgan fingerprint density at radius 1 is 1.04 bits per heavy atom. The zero-order valence-electron chi connectivity index (χ0n) is 16.0. The summed E-state index contributed by atoms with van der Waals surface area (Å²) in [5, 5.41) is 0. The molecule has 0 N–H and O–H groups in total. The van der Waals surface area contributed by atoms with Gasteiger partial charge in [-0.2, -0.15) is 4.99 Å². The molecule has 0 saturated carbocycles. The zero-order valence-corrected chi connectivity index (χ0v) is 16.8.